The Hall–Kier alpha value is -1.22. The van der Waals surface area contributed by atoms with Gasteiger partial charge in [-0.1, -0.05) is 96.8 Å². The van der Waals surface area contributed by atoms with E-state index in [1.807, 2.05) is 0 Å². The van der Waals surface area contributed by atoms with Crippen LogP contribution in [0.4, 0.5) is 0 Å². The third kappa shape index (κ3) is 25.4. The number of nitrogens with one attached hydrogen (secondary N) is 1. The van der Waals surface area contributed by atoms with Gasteiger partial charge in [-0.2, -0.15) is 0 Å². The Balaban J connectivity index is 0. The van der Waals surface area contributed by atoms with Crippen LogP contribution >= 0.6 is 0 Å². The average Bonchev–Trinajstić information content (AvgIpc) is 2.80. The standard InChI is InChI=1S/C22H46N2O2.C4H9NO3/c1-2-3-4-5-6-7-8-9-10-11-12-13-14-17-20-24-21(22(25)26)18-15-16-19-23;1-2(6)3(5)4(7)8/h21,24H,2-20,23H2,1H3,(H,25,26);2-3,6H,5H2,1H3,(H,7,8)/t21-;2-,3+/m01/s1. The molecule has 0 rings (SSSR count). The molecule has 34 heavy (non-hydrogen) atoms. The molecule has 0 spiro atoms. The number of rotatable bonds is 23. The Bertz CT molecular complexity index is 464. The topological polar surface area (TPSA) is 159 Å². The Labute approximate surface area is 208 Å². The predicted molar refractivity (Wildman–Crippen MR) is 140 cm³/mol. The highest BCUT2D eigenvalue weighted by Crippen LogP contribution is 2.13. The van der Waals surface area contributed by atoms with Crippen molar-refractivity contribution in [2.75, 3.05) is 13.1 Å². The van der Waals surface area contributed by atoms with Gasteiger partial charge in [0.25, 0.3) is 0 Å². The number of carboxylic acids is 2. The normalized spacial score (nSPS) is 13.6. The van der Waals surface area contributed by atoms with E-state index < -0.39 is 30.1 Å². The summed E-state index contributed by atoms with van der Waals surface area (Å²) in [6.07, 6.45) is 20.4. The molecule has 0 aliphatic heterocycles. The summed E-state index contributed by atoms with van der Waals surface area (Å²) in [7, 11) is 0. The summed E-state index contributed by atoms with van der Waals surface area (Å²) >= 11 is 0. The fraction of sp³-hybridized carbons (Fsp3) is 0.923. The quantitative estimate of drug-likeness (QED) is 0.115. The fourth-order valence-electron chi connectivity index (χ4n) is 3.61. The van der Waals surface area contributed by atoms with Crippen molar-refractivity contribution in [1.29, 1.82) is 0 Å². The van der Waals surface area contributed by atoms with Gasteiger partial charge >= 0.3 is 11.9 Å². The second-order valence-electron chi connectivity index (χ2n) is 9.33. The van der Waals surface area contributed by atoms with E-state index in [1.54, 1.807) is 0 Å². The molecule has 0 aromatic carbocycles. The van der Waals surface area contributed by atoms with Gasteiger partial charge in [0.15, 0.2) is 0 Å². The number of aliphatic hydroxyl groups excluding tert-OH is 1. The van der Waals surface area contributed by atoms with Crippen molar-refractivity contribution in [1.82, 2.24) is 5.32 Å². The van der Waals surface area contributed by atoms with Crippen LogP contribution in [0.2, 0.25) is 0 Å². The second kappa shape index (κ2) is 26.4. The monoisotopic (exact) mass is 489 g/mol. The lowest BCUT2D eigenvalue weighted by Gasteiger charge is -2.14. The third-order valence-corrected chi connectivity index (χ3v) is 5.97. The van der Waals surface area contributed by atoms with Crippen LogP contribution in [0.25, 0.3) is 0 Å². The summed E-state index contributed by atoms with van der Waals surface area (Å²) in [6, 6.07) is -1.56. The van der Waals surface area contributed by atoms with E-state index in [9.17, 15) is 14.7 Å². The van der Waals surface area contributed by atoms with Gasteiger partial charge < -0.3 is 32.1 Å². The molecule has 0 fully saturated rings. The Morgan fingerprint density at radius 3 is 1.50 bits per heavy atom. The molecule has 0 aliphatic rings. The third-order valence-electron chi connectivity index (χ3n) is 5.97. The highest BCUT2D eigenvalue weighted by molar-refractivity contribution is 5.73. The number of carbonyl (C=O) groups is 2. The van der Waals surface area contributed by atoms with E-state index in [4.69, 9.17) is 21.7 Å². The second-order valence-corrected chi connectivity index (χ2v) is 9.33. The van der Waals surface area contributed by atoms with Crippen LogP contribution < -0.4 is 16.8 Å². The van der Waals surface area contributed by atoms with Crippen molar-refractivity contribution in [2.24, 2.45) is 11.5 Å². The highest BCUT2D eigenvalue weighted by atomic mass is 16.4. The van der Waals surface area contributed by atoms with Crippen molar-refractivity contribution in [3.05, 3.63) is 0 Å². The zero-order chi connectivity index (χ0) is 26.0. The van der Waals surface area contributed by atoms with Gasteiger partial charge in [0, 0.05) is 0 Å². The highest BCUT2D eigenvalue weighted by Gasteiger charge is 2.16. The van der Waals surface area contributed by atoms with Gasteiger partial charge in [0.05, 0.1) is 6.10 Å². The summed E-state index contributed by atoms with van der Waals surface area (Å²) in [5.41, 5.74) is 10.4. The SMILES string of the molecule is CCCCCCCCCCCCCCCCN[C@@H](CCCCN)C(=O)O.C[C@@H](O)[C@H](N)C(=O)O. The van der Waals surface area contributed by atoms with Crippen LogP contribution in [0.1, 0.15) is 123 Å². The summed E-state index contributed by atoms with van der Waals surface area (Å²) in [5, 5.41) is 28.9. The van der Waals surface area contributed by atoms with Gasteiger partial charge in [-0.05, 0) is 39.3 Å². The molecule has 0 aromatic heterocycles. The molecule has 8 heteroatoms. The van der Waals surface area contributed by atoms with Gasteiger partial charge in [-0.3, -0.25) is 9.59 Å². The molecule has 0 bridgehead atoms. The number of aliphatic carboxylic acids is 2. The molecule has 0 saturated carbocycles. The molecule has 8 nitrogen and oxygen atoms in total. The number of unbranched alkanes of at least 4 members (excludes halogenated alkanes) is 14. The van der Waals surface area contributed by atoms with E-state index in [0.717, 1.165) is 25.8 Å². The van der Waals surface area contributed by atoms with Gasteiger partial charge in [-0.25, -0.2) is 0 Å². The molecule has 8 N–H and O–H groups in total. The van der Waals surface area contributed by atoms with Gasteiger partial charge in [-0.15, -0.1) is 0 Å². The number of hydrogen-bond donors (Lipinski definition) is 6. The Morgan fingerprint density at radius 2 is 1.18 bits per heavy atom. The van der Waals surface area contributed by atoms with E-state index in [2.05, 4.69) is 12.2 Å². The first-order chi connectivity index (χ1) is 16.3. The van der Waals surface area contributed by atoms with Gasteiger partial charge in [0.1, 0.15) is 12.1 Å². The number of carboxylic acid groups (broad SMARTS) is 2. The smallest absolute Gasteiger partial charge is 0.323 e. The minimum absolute atomic E-state index is 0.400. The van der Waals surface area contributed by atoms with E-state index in [-0.39, 0.29) is 0 Å². The largest absolute Gasteiger partial charge is 0.480 e. The summed E-state index contributed by atoms with van der Waals surface area (Å²) < 4.78 is 0. The lowest BCUT2D eigenvalue weighted by atomic mass is 10.0. The minimum atomic E-state index is -1.18. The summed E-state index contributed by atoms with van der Waals surface area (Å²) in [6.45, 7) is 5.07. The molecular formula is C26H55N3O5. The van der Waals surface area contributed by atoms with E-state index in [1.165, 1.54) is 90.4 Å². The molecule has 0 amide bonds. The Morgan fingerprint density at radius 1 is 0.735 bits per heavy atom. The van der Waals surface area contributed by atoms with Crippen LogP contribution in [-0.2, 0) is 9.59 Å². The average molecular weight is 490 g/mol. The van der Waals surface area contributed by atoms with Crippen molar-refractivity contribution in [3.8, 4) is 0 Å². The molecule has 0 unspecified atom stereocenters. The predicted octanol–water partition coefficient (Wildman–Crippen LogP) is 4.42. The summed E-state index contributed by atoms with van der Waals surface area (Å²) in [4.78, 5) is 21.0. The van der Waals surface area contributed by atoms with Crippen LogP contribution in [-0.4, -0.2) is 58.5 Å². The number of hydrogen-bond acceptors (Lipinski definition) is 6. The van der Waals surface area contributed by atoms with Crippen molar-refractivity contribution in [3.63, 3.8) is 0 Å². The molecular weight excluding hydrogens is 434 g/mol. The maximum absolute atomic E-state index is 11.2. The lowest BCUT2D eigenvalue weighted by Crippen LogP contribution is -2.39. The zero-order valence-corrected chi connectivity index (χ0v) is 22.0. The molecule has 0 heterocycles. The first kappa shape index (κ1) is 34.9. The van der Waals surface area contributed by atoms with E-state index in [0.29, 0.717) is 13.0 Å². The van der Waals surface area contributed by atoms with Crippen LogP contribution in [0.15, 0.2) is 0 Å². The zero-order valence-electron chi connectivity index (χ0n) is 22.0. The lowest BCUT2D eigenvalue weighted by molar-refractivity contribution is -0.141. The number of nitrogens with two attached hydrogens (primary N) is 2. The summed E-state index contributed by atoms with van der Waals surface area (Å²) in [5.74, 6) is -1.91. The van der Waals surface area contributed by atoms with Crippen molar-refractivity contribution >= 4 is 11.9 Å². The van der Waals surface area contributed by atoms with E-state index >= 15 is 0 Å². The first-order valence-electron chi connectivity index (χ1n) is 13.6. The number of aliphatic hydroxyl groups is 1. The maximum atomic E-state index is 11.2. The maximum Gasteiger partial charge on any atom is 0.323 e. The molecule has 0 radical (unpaired) electrons. The van der Waals surface area contributed by atoms with Crippen molar-refractivity contribution < 1.29 is 24.9 Å². The van der Waals surface area contributed by atoms with Crippen LogP contribution in [0.5, 0.6) is 0 Å². The van der Waals surface area contributed by atoms with Crippen LogP contribution in [0, 0.1) is 0 Å². The minimum Gasteiger partial charge on any atom is -0.480 e. The van der Waals surface area contributed by atoms with Crippen LogP contribution in [0.3, 0.4) is 0 Å². The van der Waals surface area contributed by atoms with Crippen molar-refractivity contribution in [2.45, 2.75) is 141 Å². The van der Waals surface area contributed by atoms with Gasteiger partial charge in [0.2, 0.25) is 0 Å². The molecule has 204 valence electrons. The molecule has 0 saturated heterocycles. The molecule has 0 aliphatic carbocycles. The molecule has 3 atom stereocenters. The molecule has 0 aromatic rings. The Kier molecular flexibility index (Phi) is 27.1. The fourth-order valence-corrected chi connectivity index (χ4v) is 3.61. The first-order valence-corrected chi connectivity index (χ1v) is 13.6.